The fraction of sp³-hybridized carbons (Fsp3) is 0.353. The minimum absolute atomic E-state index is 0.0825. The Kier molecular flexibility index (Phi) is 4.74. The Labute approximate surface area is 121 Å². The molecular formula is C17H23N3. The summed E-state index contributed by atoms with van der Waals surface area (Å²) in [4.78, 5) is 4.20. The number of pyridine rings is 1. The van der Waals surface area contributed by atoms with Crippen molar-refractivity contribution >= 4 is 5.69 Å². The van der Waals surface area contributed by atoms with Gasteiger partial charge in [0.05, 0.1) is 0 Å². The van der Waals surface area contributed by atoms with E-state index in [0.29, 0.717) is 0 Å². The van der Waals surface area contributed by atoms with E-state index in [1.807, 2.05) is 25.5 Å². The first-order chi connectivity index (χ1) is 9.62. The maximum absolute atomic E-state index is 4.20. The summed E-state index contributed by atoms with van der Waals surface area (Å²) in [7, 11) is 1.93. The predicted molar refractivity (Wildman–Crippen MR) is 85.0 cm³/mol. The van der Waals surface area contributed by atoms with E-state index in [2.05, 4.69) is 59.8 Å². The summed E-state index contributed by atoms with van der Waals surface area (Å²) in [6.07, 6.45) is 3.76. The monoisotopic (exact) mass is 269 g/mol. The second-order valence-corrected chi connectivity index (χ2v) is 5.68. The van der Waals surface area contributed by atoms with Gasteiger partial charge in [0.1, 0.15) is 0 Å². The second kappa shape index (κ2) is 6.53. The fourth-order valence-electron chi connectivity index (χ4n) is 2.17. The van der Waals surface area contributed by atoms with Crippen molar-refractivity contribution in [3.8, 4) is 0 Å². The van der Waals surface area contributed by atoms with E-state index in [0.717, 1.165) is 18.8 Å². The molecule has 0 unspecified atom stereocenters. The van der Waals surface area contributed by atoms with Gasteiger partial charge < -0.3 is 10.6 Å². The molecule has 1 heterocycles. The smallest absolute Gasteiger partial charge is 0.0337 e. The number of hydrogen-bond acceptors (Lipinski definition) is 3. The molecule has 1 aromatic heterocycles. The zero-order chi connectivity index (χ0) is 14.4. The van der Waals surface area contributed by atoms with Gasteiger partial charge in [-0.15, -0.1) is 0 Å². The molecule has 0 spiro atoms. The van der Waals surface area contributed by atoms with Crippen molar-refractivity contribution < 1.29 is 0 Å². The van der Waals surface area contributed by atoms with Crippen LogP contribution in [0, 0.1) is 0 Å². The Morgan fingerprint density at radius 1 is 1.10 bits per heavy atom. The Balaban J connectivity index is 1.88. The van der Waals surface area contributed by atoms with Crippen LogP contribution in [0.3, 0.4) is 0 Å². The second-order valence-electron chi connectivity index (χ2n) is 5.68. The van der Waals surface area contributed by atoms with E-state index < -0.39 is 0 Å². The van der Waals surface area contributed by atoms with Crippen molar-refractivity contribution in [2.24, 2.45) is 0 Å². The first kappa shape index (κ1) is 14.5. The van der Waals surface area contributed by atoms with Crippen LogP contribution in [-0.2, 0) is 12.0 Å². The SMILES string of the molecule is CNc1ccc(CNCC(C)(C)c2cccnc2)cc1. The van der Waals surface area contributed by atoms with E-state index in [-0.39, 0.29) is 5.41 Å². The van der Waals surface area contributed by atoms with Crippen molar-refractivity contribution in [2.45, 2.75) is 25.8 Å². The highest BCUT2D eigenvalue weighted by molar-refractivity contribution is 5.43. The van der Waals surface area contributed by atoms with Crippen molar-refractivity contribution in [3.05, 3.63) is 59.9 Å². The zero-order valence-electron chi connectivity index (χ0n) is 12.5. The van der Waals surface area contributed by atoms with Crippen LogP contribution in [0.15, 0.2) is 48.8 Å². The number of aromatic nitrogens is 1. The molecule has 0 saturated carbocycles. The molecule has 0 aliphatic carbocycles. The van der Waals surface area contributed by atoms with Gasteiger partial charge in [0.15, 0.2) is 0 Å². The third kappa shape index (κ3) is 3.81. The average molecular weight is 269 g/mol. The minimum atomic E-state index is 0.0825. The van der Waals surface area contributed by atoms with E-state index in [1.165, 1.54) is 11.1 Å². The Morgan fingerprint density at radius 3 is 2.45 bits per heavy atom. The third-order valence-electron chi connectivity index (χ3n) is 3.58. The number of anilines is 1. The van der Waals surface area contributed by atoms with Crippen molar-refractivity contribution in [1.82, 2.24) is 10.3 Å². The molecule has 1 aromatic carbocycles. The molecule has 0 radical (unpaired) electrons. The normalized spacial score (nSPS) is 11.3. The number of nitrogens with one attached hydrogen (secondary N) is 2. The van der Waals surface area contributed by atoms with Crippen molar-refractivity contribution in [1.29, 1.82) is 0 Å². The van der Waals surface area contributed by atoms with E-state index >= 15 is 0 Å². The molecule has 0 amide bonds. The molecule has 0 atom stereocenters. The predicted octanol–water partition coefficient (Wildman–Crippen LogP) is 3.19. The summed E-state index contributed by atoms with van der Waals surface area (Å²) >= 11 is 0. The molecule has 2 aromatic rings. The van der Waals surface area contributed by atoms with Gasteiger partial charge in [0.25, 0.3) is 0 Å². The highest BCUT2D eigenvalue weighted by Gasteiger charge is 2.19. The number of rotatable bonds is 6. The van der Waals surface area contributed by atoms with Gasteiger partial charge >= 0.3 is 0 Å². The van der Waals surface area contributed by atoms with Crippen LogP contribution < -0.4 is 10.6 Å². The van der Waals surface area contributed by atoms with Crippen molar-refractivity contribution in [2.75, 3.05) is 18.9 Å². The molecule has 3 nitrogen and oxygen atoms in total. The lowest BCUT2D eigenvalue weighted by molar-refractivity contribution is 0.467. The van der Waals surface area contributed by atoms with Crippen LogP contribution >= 0.6 is 0 Å². The number of nitrogens with zero attached hydrogens (tertiary/aromatic N) is 1. The Bertz CT molecular complexity index is 518. The van der Waals surface area contributed by atoms with Gasteiger partial charge in [-0.25, -0.2) is 0 Å². The maximum Gasteiger partial charge on any atom is 0.0337 e. The highest BCUT2D eigenvalue weighted by atomic mass is 14.9. The lowest BCUT2D eigenvalue weighted by Gasteiger charge is -2.25. The van der Waals surface area contributed by atoms with Gasteiger partial charge in [-0.2, -0.15) is 0 Å². The van der Waals surface area contributed by atoms with E-state index in [9.17, 15) is 0 Å². The van der Waals surface area contributed by atoms with Gasteiger partial charge in [-0.3, -0.25) is 4.98 Å². The lowest BCUT2D eigenvalue weighted by atomic mass is 9.85. The number of hydrogen-bond donors (Lipinski definition) is 2. The molecule has 0 aliphatic heterocycles. The molecule has 0 aliphatic rings. The first-order valence-corrected chi connectivity index (χ1v) is 7.00. The fourth-order valence-corrected chi connectivity index (χ4v) is 2.17. The van der Waals surface area contributed by atoms with Gasteiger partial charge in [0, 0.05) is 43.6 Å². The summed E-state index contributed by atoms with van der Waals surface area (Å²) in [5.74, 6) is 0. The molecule has 0 fully saturated rings. The Morgan fingerprint density at radius 2 is 1.85 bits per heavy atom. The van der Waals surface area contributed by atoms with E-state index in [1.54, 1.807) is 0 Å². The van der Waals surface area contributed by atoms with Gasteiger partial charge in [-0.1, -0.05) is 32.0 Å². The standard InChI is InChI=1S/C17H23N3/c1-17(2,15-5-4-10-19-12-15)13-20-11-14-6-8-16(18-3)9-7-14/h4-10,12,18,20H,11,13H2,1-3H3. The molecular weight excluding hydrogens is 246 g/mol. The molecule has 20 heavy (non-hydrogen) atoms. The van der Waals surface area contributed by atoms with Crippen LogP contribution in [0.25, 0.3) is 0 Å². The molecule has 106 valence electrons. The summed E-state index contributed by atoms with van der Waals surface area (Å²) in [5, 5.41) is 6.66. The van der Waals surface area contributed by atoms with Crippen LogP contribution in [-0.4, -0.2) is 18.6 Å². The quantitative estimate of drug-likeness (QED) is 0.845. The highest BCUT2D eigenvalue weighted by Crippen LogP contribution is 2.21. The van der Waals surface area contributed by atoms with Gasteiger partial charge in [0.2, 0.25) is 0 Å². The molecule has 2 N–H and O–H groups in total. The van der Waals surface area contributed by atoms with Crippen molar-refractivity contribution in [3.63, 3.8) is 0 Å². The maximum atomic E-state index is 4.20. The molecule has 2 rings (SSSR count). The molecule has 0 saturated heterocycles. The Hall–Kier alpha value is -1.87. The van der Waals surface area contributed by atoms with E-state index in [4.69, 9.17) is 0 Å². The summed E-state index contributed by atoms with van der Waals surface area (Å²) < 4.78 is 0. The lowest BCUT2D eigenvalue weighted by Crippen LogP contribution is -2.32. The zero-order valence-corrected chi connectivity index (χ0v) is 12.5. The van der Waals surface area contributed by atoms with Gasteiger partial charge in [-0.05, 0) is 29.3 Å². The molecule has 0 bridgehead atoms. The topological polar surface area (TPSA) is 37.0 Å². The minimum Gasteiger partial charge on any atom is -0.388 e. The summed E-state index contributed by atoms with van der Waals surface area (Å²) in [5.41, 5.74) is 3.78. The number of benzene rings is 1. The van der Waals surface area contributed by atoms with Crippen LogP contribution in [0.1, 0.15) is 25.0 Å². The largest absolute Gasteiger partial charge is 0.388 e. The average Bonchev–Trinajstić information content (AvgIpc) is 2.49. The summed E-state index contributed by atoms with van der Waals surface area (Å²) in [6, 6.07) is 12.6. The van der Waals surface area contributed by atoms with Crippen LogP contribution in [0.2, 0.25) is 0 Å². The van der Waals surface area contributed by atoms with Crippen LogP contribution in [0.4, 0.5) is 5.69 Å². The van der Waals surface area contributed by atoms with Crippen LogP contribution in [0.5, 0.6) is 0 Å². The molecule has 3 heteroatoms. The summed E-state index contributed by atoms with van der Waals surface area (Å²) in [6.45, 7) is 6.28. The first-order valence-electron chi connectivity index (χ1n) is 7.00. The third-order valence-corrected chi connectivity index (χ3v) is 3.58.